The van der Waals surface area contributed by atoms with Gasteiger partial charge in [-0.05, 0) is 18.8 Å². The van der Waals surface area contributed by atoms with E-state index in [1.165, 1.54) is 12.8 Å². The molecule has 1 heterocycles. The smallest absolute Gasteiger partial charge is 0.358 e. The van der Waals surface area contributed by atoms with Crippen LogP contribution in [0.2, 0.25) is 0 Å². The lowest BCUT2D eigenvalue weighted by molar-refractivity contribution is 0.0689. The molecular formula is C10H15N3O2. The number of carboxylic acid groups (broad SMARTS) is 1. The predicted molar refractivity (Wildman–Crippen MR) is 53.7 cm³/mol. The van der Waals surface area contributed by atoms with E-state index in [1.54, 1.807) is 4.68 Å². The topological polar surface area (TPSA) is 68.0 Å². The van der Waals surface area contributed by atoms with Crippen LogP contribution in [0.15, 0.2) is 0 Å². The third-order valence-electron chi connectivity index (χ3n) is 2.82. The average molecular weight is 209 g/mol. The maximum atomic E-state index is 10.8. The molecule has 1 aliphatic carbocycles. The quantitative estimate of drug-likeness (QED) is 0.794. The fraction of sp³-hybridized carbons (Fsp3) is 0.700. The van der Waals surface area contributed by atoms with Crippen molar-refractivity contribution in [3.8, 4) is 0 Å². The Morgan fingerprint density at radius 2 is 2.33 bits per heavy atom. The molecule has 1 fully saturated rings. The van der Waals surface area contributed by atoms with Gasteiger partial charge in [0.2, 0.25) is 0 Å². The van der Waals surface area contributed by atoms with Crippen molar-refractivity contribution in [2.75, 3.05) is 0 Å². The van der Waals surface area contributed by atoms with E-state index in [1.807, 2.05) is 6.92 Å². The van der Waals surface area contributed by atoms with Crippen LogP contribution in [0, 0.1) is 5.92 Å². The summed E-state index contributed by atoms with van der Waals surface area (Å²) in [4.78, 5) is 10.8. The van der Waals surface area contributed by atoms with E-state index in [0.29, 0.717) is 6.42 Å². The number of aromatic nitrogens is 3. The van der Waals surface area contributed by atoms with Crippen molar-refractivity contribution in [3.63, 3.8) is 0 Å². The fourth-order valence-electron chi connectivity index (χ4n) is 1.74. The van der Waals surface area contributed by atoms with E-state index < -0.39 is 5.97 Å². The van der Waals surface area contributed by atoms with Crippen LogP contribution in [0.25, 0.3) is 0 Å². The van der Waals surface area contributed by atoms with Gasteiger partial charge >= 0.3 is 5.97 Å². The minimum Gasteiger partial charge on any atom is -0.476 e. The molecule has 0 bridgehead atoms. The van der Waals surface area contributed by atoms with Crippen LogP contribution in [0.3, 0.4) is 0 Å². The lowest BCUT2D eigenvalue weighted by Gasteiger charge is -2.03. The second-order valence-corrected chi connectivity index (χ2v) is 4.00. The van der Waals surface area contributed by atoms with Crippen LogP contribution in [0.4, 0.5) is 0 Å². The summed E-state index contributed by atoms with van der Waals surface area (Å²) in [5, 5.41) is 16.5. The first-order chi connectivity index (χ1) is 7.22. The summed E-state index contributed by atoms with van der Waals surface area (Å²) in [5.41, 5.74) is 0.844. The monoisotopic (exact) mass is 209 g/mol. The Morgan fingerprint density at radius 3 is 2.87 bits per heavy atom. The highest BCUT2D eigenvalue weighted by atomic mass is 16.4. The fourth-order valence-corrected chi connectivity index (χ4v) is 1.74. The second-order valence-electron chi connectivity index (χ2n) is 4.00. The van der Waals surface area contributed by atoms with Gasteiger partial charge in [0.25, 0.3) is 0 Å². The maximum Gasteiger partial charge on any atom is 0.358 e. The van der Waals surface area contributed by atoms with Crippen molar-refractivity contribution < 1.29 is 9.90 Å². The standard InChI is InChI=1S/C10H15N3O2/c1-2-8-9(10(14)15)11-12-13(8)6-5-7-3-4-7/h7H,2-6H2,1H3,(H,14,15). The lowest BCUT2D eigenvalue weighted by Crippen LogP contribution is -2.08. The van der Waals surface area contributed by atoms with Crippen LogP contribution in [0.1, 0.15) is 42.4 Å². The average Bonchev–Trinajstić information content (AvgIpc) is 2.93. The molecule has 5 nitrogen and oxygen atoms in total. The van der Waals surface area contributed by atoms with Gasteiger partial charge in [-0.3, -0.25) is 0 Å². The van der Waals surface area contributed by atoms with E-state index in [9.17, 15) is 4.79 Å². The summed E-state index contributed by atoms with van der Waals surface area (Å²) in [5.74, 6) is -0.156. The van der Waals surface area contributed by atoms with Gasteiger partial charge in [0.15, 0.2) is 5.69 Å². The van der Waals surface area contributed by atoms with Gasteiger partial charge in [0, 0.05) is 6.54 Å². The predicted octanol–water partition coefficient (Wildman–Crippen LogP) is 1.34. The molecule has 0 spiro atoms. The number of rotatable bonds is 5. The van der Waals surface area contributed by atoms with E-state index in [4.69, 9.17) is 5.11 Å². The summed E-state index contributed by atoms with van der Waals surface area (Å²) in [6.07, 6.45) is 4.37. The summed E-state index contributed by atoms with van der Waals surface area (Å²) in [6.45, 7) is 2.73. The number of hydrogen-bond acceptors (Lipinski definition) is 3. The van der Waals surface area contributed by atoms with Crippen molar-refractivity contribution in [1.29, 1.82) is 0 Å². The zero-order valence-electron chi connectivity index (χ0n) is 8.81. The second kappa shape index (κ2) is 4.00. The number of carboxylic acids is 1. The summed E-state index contributed by atoms with van der Waals surface area (Å²) >= 11 is 0. The minimum absolute atomic E-state index is 0.105. The van der Waals surface area contributed by atoms with Gasteiger partial charge in [0.05, 0.1) is 5.69 Å². The molecule has 0 radical (unpaired) electrons. The third kappa shape index (κ3) is 2.16. The molecule has 0 aliphatic heterocycles. The molecule has 82 valence electrons. The highest BCUT2D eigenvalue weighted by Crippen LogP contribution is 2.32. The molecule has 5 heteroatoms. The molecule has 1 aromatic rings. The van der Waals surface area contributed by atoms with Crippen LogP contribution in [-0.2, 0) is 13.0 Å². The van der Waals surface area contributed by atoms with Gasteiger partial charge in [-0.15, -0.1) is 5.10 Å². The molecule has 1 N–H and O–H groups in total. The molecule has 1 aliphatic rings. The van der Waals surface area contributed by atoms with Crippen molar-refractivity contribution in [1.82, 2.24) is 15.0 Å². The Balaban J connectivity index is 2.11. The highest BCUT2D eigenvalue weighted by Gasteiger charge is 2.23. The largest absolute Gasteiger partial charge is 0.476 e. The lowest BCUT2D eigenvalue weighted by atomic mass is 10.2. The Hall–Kier alpha value is -1.39. The molecule has 0 unspecified atom stereocenters. The van der Waals surface area contributed by atoms with Crippen LogP contribution in [0.5, 0.6) is 0 Å². The van der Waals surface area contributed by atoms with Crippen molar-refractivity contribution >= 4 is 5.97 Å². The first-order valence-corrected chi connectivity index (χ1v) is 5.38. The number of nitrogens with zero attached hydrogens (tertiary/aromatic N) is 3. The number of hydrogen-bond donors (Lipinski definition) is 1. The number of aromatic carboxylic acids is 1. The molecule has 2 rings (SSSR count). The van der Waals surface area contributed by atoms with Crippen molar-refractivity contribution in [2.45, 2.75) is 39.2 Å². The van der Waals surface area contributed by atoms with Gasteiger partial charge in [0.1, 0.15) is 0 Å². The first-order valence-electron chi connectivity index (χ1n) is 5.38. The van der Waals surface area contributed by atoms with Gasteiger partial charge in [-0.1, -0.05) is 25.0 Å². The zero-order chi connectivity index (χ0) is 10.8. The molecule has 15 heavy (non-hydrogen) atoms. The van der Waals surface area contributed by atoms with E-state index in [-0.39, 0.29) is 5.69 Å². The third-order valence-corrected chi connectivity index (χ3v) is 2.82. The summed E-state index contributed by atoms with van der Waals surface area (Å²) in [6, 6.07) is 0. The number of aryl methyl sites for hydroxylation is 1. The van der Waals surface area contributed by atoms with E-state index in [0.717, 1.165) is 24.6 Å². The SMILES string of the molecule is CCc1c(C(=O)O)nnn1CCC1CC1. The van der Waals surface area contributed by atoms with Gasteiger partial charge in [-0.2, -0.15) is 0 Å². The molecule has 0 saturated heterocycles. The van der Waals surface area contributed by atoms with E-state index >= 15 is 0 Å². The Kier molecular flexibility index (Phi) is 2.70. The van der Waals surface area contributed by atoms with Gasteiger partial charge < -0.3 is 5.11 Å². The normalized spacial score (nSPS) is 15.5. The summed E-state index contributed by atoms with van der Waals surface area (Å²) < 4.78 is 1.74. The number of carbonyl (C=O) groups is 1. The van der Waals surface area contributed by atoms with Crippen LogP contribution >= 0.6 is 0 Å². The maximum absolute atomic E-state index is 10.8. The van der Waals surface area contributed by atoms with Gasteiger partial charge in [-0.25, -0.2) is 9.48 Å². The molecule has 0 atom stereocenters. The Morgan fingerprint density at radius 1 is 1.60 bits per heavy atom. The van der Waals surface area contributed by atoms with E-state index in [2.05, 4.69) is 10.3 Å². The minimum atomic E-state index is -0.982. The molecule has 0 aromatic carbocycles. The molecular weight excluding hydrogens is 194 g/mol. The Labute approximate surface area is 88.1 Å². The first kappa shape index (κ1) is 10.1. The van der Waals surface area contributed by atoms with Crippen LogP contribution < -0.4 is 0 Å². The Bertz CT molecular complexity index is 369. The highest BCUT2D eigenvalue weighted by molar-refractivity contribution is 5.86. The molecule has 1 aromatic heterocycles. The van der Waals surface area contributed by atoms with Crippen LogP contribution in [-0.4, -0.2) is 26.1 Å². The molecule has 1 saturated carbocycles. The molecule has 0 amide bonds. The van der Waals surface area contributed by atoms with Crippen molar-refractivity contribution in [2.24, 2.45) is 5.92 Å². The zero-order valence-corrected chi connectivity index (χ0v) is 8.81. The van der Waals surface area contributed by atoms with Crippen molar-refractivity contribution in [3.05, 3.63) is 11.4 Å². The summed E-state index contributed by atoms with van der Waals surface area (Å²) in [7, 11) is 0.